The fourth-order valence-corrected chi connectivity index (χ4v) is 2.81. The number of hydrogen-bond acceptors (Lipinski definition) is 5. The van der Waals surface area contributed by atoms with Crippen molar-refractivity contribution < 1.29 is 22.7 Å². The van der Waals surface area contributed by atoms with Gasteiger partial charge < -0.3 is 10.1 Å². The number of nitrogens with one attached hydrogen (secondary N) is 1. The van der Waals surface area contributed by atoms with Gasteiger partial charge >= 0.3 is 5.97 Å². The Labute approximate surface area is 153 Å². The van der Waals surface area contributed by atoms with E-state index in [-0.39, 0.29) is 29.4 Å². The summed E-state index contributed by atoms with van der Waals surface area (Å²) >= 11 is 0. The van der Waals surface area contributed by atoms with E-state index in [4.69, 9.17) is 4.74 Å². The summed E-state index contributed by atoms with van der Waals surface area (Å²) in [5.41, 5.74) is -0.353. The molecule has 0 spiro atoms. The molecule has 1 aliphatic rings. The van der Waals surface area contributed by atoms with Crippen molar-refractivity contribution in [2.45, 2.75) is 19.9 Å². The molecule has 1 unspecified atom stereocenters. The van der Waals surface area contributed by atoms with Crippen LogP contribution >= 0.6 is 0 Å². The van der Waals surface area contributed by atoms with Gasteiger partial charge in [0, 0.05) is 11.9 Å². The Morgan fingerprint density at radius 2 is 1.81 bits per heavy atom. The molecule has 1 atom stereocenters. The fourth-order valence-electron chi connectivity index (χ4n) is 2.81. The number of nitrogens with zero attached hydrogens (tertiary/aromatic N) is 2. The summed E-state index contributed by atoms with van der Waals surface area (Å²) in [5, 5.41) is 2.78. The maximum absolute atomic E-state index is 14.4. The predicted octanol–water partition coefficient (Wildman–Crippen LogP) is 3.43. The van der Waals surface area contributed by atoms with Gasteiger partial charge in [-0.15, -0.1) is 0 Å². The third kappa shape index (κ3) is 3.55. The molecule has 1 aliphatic heterocycles. The molecule has 5 nitrogen and oxygen atoms in total. The van der Waals surface area contributed by atoms with Crippen LogP contribution in [-0.4, -0.2) is 23.4 Å². The Bertz CT molecular complexity index is 937. The molecule has 0 radical (unpaired) electrons. The van der Waals surface area contributed by atoms with Gasteiger partial charge in [-0.05, 0) is 38.1 Å². The molecule has 3 rings (SSSR count). The lowest BCUT2D eigenvalue weighted by Crippen LogP contribution is -2.34. The zero-order valence-corrected chi connectivity index (χ0v) is 14.6. The molecule has 0 bridgehead atoms. The summed E-state index contributed by atoms with van der Waals surface area (Å²) in [4.78, 5) is 20.5. The maximum Gasteiger partial charge on any atom is 0.338 e. The second-order valence-corrected chi connectivity index (χ2v) is 5.73. The van der Waals surface area contributed by atoms with Gasteiger partial charge in [-0.2, -0.15) is 0 Å². The third-order valence-corrected chi connectivity index (χ3v) is 3.99. The smallest absolute Gasteiger partial charge is 0.338 e. The van der Waals surface area contributed by atoms with Gasteiger partial charge in [0.1, 0.15) is 23.4 Å². The number of hydrogen-bond donors (Lipinski definition) is 1. The van der Waals surface area contributed by atoms with Crippen molar-refractivity contribution in [2.24, 2.45) is 4.99 Å². The van der Waals surface area contributed by atoms with Gasteiger partial charge in [-0.1, -0.05) is 6.07 Å². The van der Waals surface area contributed by atoms with E-state index in [2.05, 4.69) is 15.3 Å². The summed E-state index contributed by atoms with van der Waals surface area (Å²) in [6.07, 6.45) is 1.36. The Hall–Kier alpha value is -3.16. The minimum Gasteiger partial charge on any atom is -0.463 e. The van der Waals surface area contributed by atoms with Crippen molar-refractivity contribution >= 4 is 11.8 Å². The molecule has 0 saturated carbocycles. The molecule has 27 heavy (non-hydrogen) atoms. The number of ether oxygens (including phenoxy) is 1. The lowest BCUT2D eigenvalue weighted by atomic mass is 9.95. The highest BCUT2D eigenvalue weighted by atomic mass is 19.1. The standard InChI is InChI=1S/C19H16F3N3O2/c1-3-27-19(26)14-10(2)24-18(16-13(22)8-5-9-23-16)25-17(14)15-11(20)6-4-7-12(15)21/h4-9,17H,3H2,1-2H3,(H,24,25). The summed E-state index contributed by atoms with van der Waals surface area (Å²) in [6.45, 7) is 3.21. The van der Waals surface area contributed by atoms with Crippen molar-refractivity contribution in [1.29, 1.82) is 0 Å². The number of halogens is 3. The molecular formula is C19H16F3N3O2. The molecule has 2 heterocycles. The topological polar surface area (TPSA) is 63.6 Å². The number of carbonyl (C=O) groups excluding carboxylic acids is 1. The van der Waals surface area contributed by atoms with Crippen LogP contribution in [0.3, 0.4) is 0 Å². The lowest BCUT2D eigenvalue weighted by Gasteiger charge is -2.26. The molecule has 1 N–H and O–H groups in total. The van der Waals surface area contributed by atoms with Crippen molar-refractivity contribution in [3.8, 4) is 0 Å². The first kappa shape index (κ1) is 18.6. The Balaban J connectivity index is 2.19. The summed E-state index contributed by atoms with van der Waals surface area (Å²) in [5.74, 6) is -3.21. The van der Waals surface area contributed by atoms with Gasteiger partial charge in [-0.3, -0.25) is 4.99 Å². The van der Waals surface area contributed by atoms with Crippen LogP contribution in [0.2, 0.25) is 0 Å². The second kappa shape index (κ2) is 7.61. The van der Waals surface area contributed by atoms with Gasteiger partial charge in [0.05, 0.1) is 17.7 Å². The molecular weight excluding hydrogens is 359 g/mol. The Morgan fingerprint density at radius 1 is 1.15 bits per heavy atom. The Morgan fingerprint density at radius 3 is 2.44 bits per heavy atom. The third-order valence-electron chi connectivity index (χ3n) is 3.99. The average molecular weight is 375 g/mol. The number of pyridine rings is 1. The fraction of sp³-hybridized carbons (Fsp3) is 0.211. The predicted molar refractivity (Wildman–Crippen MR) is 92.3 cm³/mol. The van der Waals surface area contributed by atoms with E-state index in [0.717, 1.165) is 12.1 Å². The first-order valence-corrected chi connectivity index (χ1v) is 8.21. The van der Waals surface area contributed by atoms with Crippen LogP contribution in [0, 0.1) is 17.5 Å². The molecule has 140 valence electrons. The van der Waals surface area contributed by atoms with Crippen LogP contribution in [0.1, 0.15) is 31.1 Å². The van der Waals surface area contributed by atoms with Crippen molar-refractivity contribution in [2.75, 3.05) is 6.61 Å². The number of carbonyl (C=O) groups is 1. The van der Waals surface area contributed by atoms with Crippen LogP contribution in [0.15, 0.2) is 52.8 Å². The van der Waals surface area contributed by atoms with E-state index in [1.165, 1.54) is 31.3 Å². The van der Waals surface area contributed by atoms with E-state index < -0.39 is 35.0 Å². The number of amidine groups is 1. The van der Waals surface area contributed by atoms with Gasteiger partial charge in [-0.25, -0.2) is 22.9 Å². The number of allylic oxidation sites excluding steroid dienone is 1. The van der Waals surface area contributed by atoms with E-state index in [1.807, 2.05) is 0 Å². The monoisotopic (exact) mass is 375 g/mol. The maximum atomic E-state index is 14.4. The van der Waals surface area contributed by atoms with Crippen molar-refractivity contribution in [3.05, 3.63) is 76.5 Å². The minimum absolute atomic E-state index is 0.0358. The largest absolute Gasteiger partial charge is 0.463 e. The molecule has 8 heteroatoms. The van der Waals surface area contributed by atoms with E-state index in [1.54, 1.807) is 6.92 Å². The molecule has 1 aromatic heterocycles. The zero-order chi connectivity index (χ0) is 19.6. The van der Waals surface area contributed by atoms with Crippen LogP contribution in [-0.2, 0) is 9.53 Å². The molecule has 0 saturated heterocycles. The van der Waals surface area contributed by atoms with Crippen LogP contribution in [0.25, 0.3) is 0 Å². The number of aromatic nitrogens is 1. The summed E-state index contributed by atoms with van der Waals surface area (Å²) < 4.78 is 47.9. The summed E-state index contributed by atoms with van der Waals surface area (Å²) in [7, 11) is 0. The van der Waals surface area contributed by atoms with Crippen LogP contribution in [0.4, 0.5) is 13.2 Å². The summed E-state index contributed by atoms with van der Waals surface area (Å²) in [6, 6.07) is 4.58. The highest BCUT2D eigenvalue weighted by Crippen LogP contribution is 2.35. The average Bonchev–Trinajstić information content (AvgIpc) is 2.61. The second-order valence-electron chi connectivity index (χ2n) is 5.73. The highest BCUT2D eigenvalue weighted by molar-refractivity contribution is 6.02. The molecule has 1 aromatic carbocycles. The van der Waals surface area contributed by atoms with Gasteiger partial charge in [0.15, 0.2) is 11.7 Å². The lowest BCUT2D eigenvalue weighted by molar-refractivity contribution is -0.138. The quantitative estimate of drug-likeness (QED) is 0.832. The Kier molecular flexibility index (Phi) is 5.25. The van der Waals surface area contributed by atoms with Gasteiger partial charge in [0.25, 0.3) is 0 Å². The van der Waals surface area contributed by atoms with Crippen molar-refractivity contribution in [1.82, 2.24) is 10.3 Å². The van der Waals surface area contributed by atoms with Gasteiger partial charge in [0.2, 0.25) is 0 Å². The first-order valence-electron chi connectivity index (χ1n) is 8.21. The molecule has 0 aliphatic carbocycles. The zero-order valence-electron chi connectivity index (χ0n) is 14.6. The van der Waals surface area contributed by atoms with E-state index in [9.17, 15) is 18.0 Å². The van der Waals surface area contributed by atoms with Crippen LogP contribution in [0.5, 0.6) is 0 Å². The first-order chi connectivity index (χ1) is 12.9. The minimum atomic E-state index is -1.34. The highest BCUT2D eigenvalue weighted by Gasteiger charge is 2.34. The molecule has 0 amide bonds. The normalized spacial score (nSPS) is 16.6. The number of benzene rings is 1. The van der Waals surface area contributed by atoms with Crippen LogP contribution < -0.4 is 5.32 Å². The van der Waals surface area contributed by atoms with E-state index >= 15 is 0 Å². The molecule has 2 aromatic rings. The SMILES string of the molecule is CCOC(=O)C1=C(C)NC(c2ncccc2F)=NC1c1c(F)cccc1F. The van der Waals surface area contributed by atoms with E-state index in [0.29, 0.717) is 0 Å². The number of aliphatic imine (C=N–C) groups is 1. The number of rotatable bonds is 4. The van der Waals surface area contributed by atoms with Crippen molar-refractivity contribution in [3.63, 3.8) is 0 Å². The number of esters is 1. The molecule has 0 fully saturated rings.